The van der Waals surface area contributed by atoms with E-state index in [4.69, 9.17) is 79.7 Å². The summed E-state index contributed by atoms with van der Waals surface area (Å²) in [5.74, 6) is 1.33. The largest absolute Gasteiger partial charge is 0 e. The SMILES string of the molecule is CCOc1ccc(NC(=S)Nc2ccc(OCC)cc2)cc1.Oc1c(Cl)c(Cl)c(Cl)c(Cl)c1Cl.[SrH2].[Ta]. The standard InChI is InChI=1S/C17H20N2O2S.C6HCl5O.Sr.Ta.2H/c1-3-20-15-9-5-13(6-10-15)18-17(22)19-14-7-11-16(12-8-14)21-4-2;7-1-2(8)4(10)6(12)5(11)3(1)9;;;;/h5-12H,3-4H2,1-2H3,(H2,18,19,22);12H;;;;. The number of rotatable bonds is 6. The van der Waals surface area contributed by atoms with Gasteiger partial charge in [0.25, 0.3) is 0 Å². The van der Waals surface area contributed by atoms with Crippen LogP contribution in [-0.2, 0) is 22.4 Å². The molecule has 3 aromatic rings. The molecule has 0 saturated carbocycles. The number of hydrogen-bond acceptors (Lipinski definition) is 4. The maximum absolute atomic E-state index is 9.20. The summed E-state index contributed by atoms with van der Waals surface area (Å²) >= 11 is 33.2. The van der Waals surface area contributed by atoms with Crippen molar-refractivity contribution in [3.05, 3.63) is 73.6 Å². The maximum Gasteiger partial charge on any atom is 0 e. The first-order valence-electron chi connectivity index (χ1n) is 9.92. The molecule has 0 bridgehead atoms. The topological polar surface area (TPSA) is 62.8 Å². The number of halogens is 5. The molecule has 0 aliphatic heterocycles. The number of hydrogen-bond donors (Lipinski definition) is 3. The first kappa shape index (κ1) is 36.4. The molecule has 0 spiro atoms. The van der Waals surface area contributed by atoms with E-state index < -0.39 is 0 Å². The Morgan fingerprint density at radius 3 is 1.31 bits per heavy atom. The van der Waals surface area contributed by atoms with Crippen molar-refractivity contribution in [2.24, 2.45) is 0 Å². The molecule has 0 atom stereocenters. The minimum absolute atomic E-state index is 0. The van der Waals surface area contributed by atoms with Crippen LogP contribution in [0, 0.1) is 0 Å². The predicted octanol–water partition coefficient (Wildman–Crippen LogP) is 8.03. The Balaban J connectivity index is 0.000000750. The molecule has 36 heavy (non-hydrogen) atoms. The van der Waals surface area contributed by atoms with Crippen LogP contribution in [0.2, 0.25) is 25.1 Å². The van der Waals surface area contributed by atoms with Gasteiger partial charge in [-0.15, -0.1) is 0 Å². The van der Waals surface area contributed by atoms with Gasteiger partial charge in [-0.2, -0.15) is 0 Å². The molecule has 3 aromatic carbocycles. The molecular formula is C23H23Cl5N2O3SSrTa. The molecule has 5 nitrogen and oxygen atoms in total. The summed E-state index contributed by atoms with van der Waals surface area (Å²) in [5.41, 5.74) is 1.82. The summed E-state index contributed by atoms with van der Waals surface area (Å²) in [6.45, 7) is 5.24. The second kappa shape index (κ2) is 18.7. The van der Waals surface area contributed by atoms with Crippen molar-refractivity contribution in [3.63, 3.8) is 0 Å². The number of ether oxygens (including phenoxy) is 2. The van der Waals surface area contributed by atoms with E-state index in [0.717, 1.165) is 22.9 Å². The summed E-state index contributed by atoms with van der Waals surface area (Å²) in [4.78, 5) is 0. The Morgan fingerprint density at radius 1 is 0.694 bits per heavy atom. The van der Waals surface area contributed by atoms with E-state index in [2.05, 4.69) is 10.6 Å². The monoisotopic (exact) mass is 851 g/mol. The molecule has 3 N–H and O–H groups in total. The number of benzene rings is 3. The molecular weight excluding hydrogens is 830 g/mol. The average molecular weight is 853 g/mol. The van der Waals surface area contributed by atoms with E-state index in [1.807, 2.05) is 62.4 Å². The van der Waals surface area contributed by atoms with Gasteiger partial charge in [0, 0.05) is 33.8 Å². The smallest absolute Gasteiger partial charge is 0 e. The molecule has 0 fully saturated rings. The molecule has 1 radical (unpaired) electrons. The van der Waals surface area contributed by atoms with Crippen molar-refractivity contribution in [1.29, 1.82) is 0 Å². The summed E-state index contributed by atoms with van der Waals surface area (Å²) < 4.78 is 10.8. The number of anilines is 2. The fourth-order valence-corrected chi connectivity index (χ4v) is 3.85. The van der Waals surface area contributed by atoms with Crippen LogP contribution in [0.1, 0.15) is 13.8 Å². The number of nitrogens with one attached hydrogen (secondary N) is 2. The molecule has 0 aromatic heterocycles. The molecule has 0 amide bonds. The number of phenols is 1. The van der Waals surface area contributed by atoms with Crippen LogP contribution >= 0.6 is 70.2 Å². The van der Waals surface area contributed by atoms with E-state index in [0.29, 0.717) is 18.3 Å². The summed E-state index contributed by atoms with van der Waals surface area (Å²) in [5, 5.41) is 15.8. The van der Waals surface area contributed by atoms with Crippen LogP contribution in [0.4, 0.5) is 11.4 Å². The maximum atomic E-state index is 9.20. The zero-order valence-corrected chi connectivity index (χ0v) is 26.4. The van der Waals surface area contributed by atoms with Gasteiger partial charge in [-0.25, -0.2) is 0 Å². The summed E-state index contributed by atoms with van der Waals surface area (Å²) in [6.07, 6.45) is 0. The average Bonchev–Trinajstić information content (AvgIpc) is 2.83. The third-order valence-electron chi connectivity index (χ3n) is 4.03. The van der Waals surface area contributed by atoms with Gasteiger partial charge in [0.2, 0.25) is 0 Å². The minimum atomic E-state index is -0.363. The van der Waals surface area contributed by atoms with Crippen molar-refractivity contribution in [1.82, 2.24) is 0 Å². The van der Waals surface area contributed by atoms with Gasteiger partial charge in [-0.3, -0.25) is 0 Å². The van der Waals surface area contributed by atoms with Gasteiger partial charge in [-0.05, 0) is 74.6 Å². The molecule has 191 valence electrons. The third-order valence-corrected chi connectivity index (χ3v) is 6.49. The molecule has 13 heteroatoms. The molecule has 0 aliphatic rings. The Hall–Kier alpha value is 0.421. The second-order valence-corrected chi connectivity index (χ2v) is 8.71. The predicted molar refractivity (Wildman–Crippen MR) is 157 cm³/mol. The number of aromatic hydroxyl groups is 1. The van der Waals surface area contributed by atoms with Crippen LogP contribution in [-0.4, -0.2) is 68.9 Å². The first-order valence-corrected chi connectivity index (χ1v) is 12.2. The van der Waals surface area contributed by atoms with Crippen LogP contribution in [0.25, 0.3) is 0 Å². The number of phenolic OH excluding ortho intramolecular Hbond substituents is 1. The quantitative estimate of drug-likeness (QED) is 0.101. The Bertz CT molecular complexity index is 968. The third kappa shape index (κ3) is 11.3. The molecule has 0 saturated heterocycles. The van der Waals surface area contributed by atoms with Crippen molar-refractivity contribution < 1.29 is 37.0 Å². The Morgan fingerprint density at radius 2 is 1.00 bits per heavy atom. The summed E-state index contributed by atoms with van der Waals surface area (Å²) in [7, 11) is 0. The van der Waals surface area contributed by atoms with Crippen LogP contribution in [0.3, 0.4) is 0 Å². The van der Waals surface area contributed by atoms with Gasteiger partial charge in [0.1, 0.15) is 21.5 Å². The zero-order valence-electron chi connectivity index (χ0n) is 18.5. The molecule has 0 heterocycles. The fraction of sp³-hybridized carbons (Fsp3) is 0.174. The normalized spacial score (nSPS) is 9.53. The fourth-order valence-electron chi connectivity index (χ4n) is 2.49. The van der Waals surface area contributed by atoms with Crippen molar-refractivity contribution in [2.75, 3.05) is 23.8 Å². The van der Waals surface area contributed by atoms with E-state index >= 15 is 0 Å². The van der Waals surface area contributed by atoms with Gasteiger partial charge in [0.15, 0.2) is 10.9 Å². The summed E-state index contributed by atoms with van der Waals surface area (Å²) in [6, 6.07) is 15.3. The van der Waals surface area contributed by atoms with Crippen LogP contribution in [0.15, 0.2) is 48.5 Å². The van der Waals surface area contributed by atoms with Crippen LogP contribution in [0.5, 0.6) is 17.2 Å². The van der Waals surface area contributed by atoms with Crippen molar-refractivity contribution in [3.8, 4) is 17.2 Å². The molecule has 0 aliphatic carbocycles. The van der Waals surface area contributed by atoms with Gasteiger partial charge < -0.3 is 25.2 Å². The number of thiocarbonyl (C=S) groups is 1. The van der Waals surface area contributed by atoms with E-state index in [1.54, 1.807) is 0 Å². The van der Waals surface area contributed by atoms with E-state index in [1.165, 1.54) is 0 Å². The zero-order chi connectivity index (χ0) is 25.3. The first-order chi connectivity index (χ1) is 16.2. The van der Waals surface area contributed by atoms with Crippen molar-refractivity contribution in [2.45, 2.75) is 13.8 Å². The molecule has 0 unspecified atom stereocenters. The second-order valence-electron chi connectivity index (χ2n) is 6.41. The van der Waals surface area contributed by atoms with E-state index in [9.17, 15) is 5.11 Å². The Labute approximate surface area is 293 Å². The minimum Gasteiger partial charge on any atom is 0 e. The Kier molecular flexibility index (Phi) is 18.9. The van der Waals surface area contributed by atoms with Gasteiger partial charge in [0.05, 0.1) is 28.3 Å². The van der Waals surface area contributed by atoms with Gasteiger partial charge in [-0.1, -0.05) is 58.0 Å². The van der Waals surface area contributed by atoms with E-state index in [-0.39, 0.29) is 98.7 Å². The van der Waals surface area contributed by atoms with Crippen molar-refractivity contribution >= 4 is 132 Å². The van der Waals surface area contributed by atoms with Crippen LogP contribution < -0.4 is 20.1 Å². The molecule has 3 rings (SSSR count). The van der Waals surface area contributed by atoms with Gasteiger partial charge >= 0.3 is 45.5 Å².